The van der Waals surface area contributed by atoms with Crippen LogP contribution in [0.25, 0.3) is 11.1 Å². The maximum Gasteiger partial charge on any atom is 0.341 e. The highest BCUT2D eigenvalue weighted by molar-refractivity contribution is 6.30. The molecule has 0 amide bonds. The monoisotopic (exact) mass is 262 g/mol. The molecule has 3 nitrogen and oxygen atoms in total. The Bertz CT molecular complexity index is 549. The maximum atomic E-state index is 10.4. The molecule has 0 aliphatic rings. The molecule has 92 valence electrons. The molecule has 0 aliphatic carbocycles. The Morgan fingerprint density at radius 2 is 1.83 bits per heavy atom. The Morgan fingerprint density at radius 3 is 2.44 bits per heavy atom. The largest absolute Gasteiger partial charge is 0.482 e. The Hall–Kier alpha value is -2.00. The minimum atomic E-state index is -0.992. The molecule has 0 fully saturated rings. The first-order valence-electron chi connectivity index (χ1n) is 5.36. The molecule has 2 aromatic carbocycles. The fraction of sp³-hybridized carbons (Fsp3) is 0.0714. The molecule has 0 aromatic heterocycles. The normalized spacial score (nSPS) is 10.1. The van der Waals surface area contributed by atoms with Gasteiger partial charge in [0.15, 0.2) is 6.61 Å². The standard InChI is InChI=1S/C14H11ClO3/c15-12-3-1-2-11(8-12)10-4-6-13(7-5-10)18-9-14(16)17/h1-8H,9H2,(H,16,17). The van der Waals surface area contributed by atoms with Gasteiger partial charge in [-0.2, -0.15) is 0 Å². The molecule has 0 unspecified atom stereocenters. The van der Waals surface area contributed by atoms with Crippen molar-refractivity contribution in [2.24, 2.45) is 0 Å². The second-order valence-corrected chi connectivity index (χ2v) is 4.15. The zero-order chi connectivity index (χ0) is 13.0. The number of benzene rings is 2. The van der Waals surface area contributed by atoms with E-state index in [9.17, 15) is 4.79 Å². The summed E-state index contributed by atoms with van der Waals surface area (Å²) >= 11 is 5.92. The second kappa shape index (κ2) is 5.56. The van der Waals surface area contributed by atoms with Crippen molar-refractivity contribution in [1.82, 2.24) is 0 Å². The zero-order valence-electron chi connectivity index (χ0n) is 9.47. The van der Waals surface area contributed by atoms with Gasteiger partial charge in [-0.3, -0.25) is 0 Å². The van der Waals surface area contributed by atoms with Gasteiger partial charge in [-0.15, -0.1) is 0 Å². The van der Waals surface area contributed by atoms with Gasteiger partial charge in [-0.1, -0.05) is 35.9 Å². The molecule has 0 spiro atoms. The van der Waals surface area contributed by atoms with Gasteiger partial charge in [0, 0.05) is 5.02 Å². The van der Waals surface area contributed by atoms with E-state index in [0.29, 0.717) is 10.8 Å². The number of ether oxygens (including phenoxy) is 1. The summed E-state index contributed by atoms with van der Waals surface area (Å²) < 4.78 is 5.06. The van der Waals surface area contributed by atoms with Crippen molar-refractivity contribution in [3.63, 3.8) is 0 Å². The quantitative estimate of drug-likeness (QED) is 0.918. The lowest BCUT2D eigenvalue weighted by atomic mass is 10.1. The number of carboxylic acids is 1. The van der Waals surface area contributed by atoms with Crippen LogP contribution in [-0.2, 0) is 4.79 Å². The summed E-state index contributed by atoms with van der Waals surface area (Å²) in [6, 6.07) is 14.7. The highest BCUT2D eigenvalue weighted by Crippen LogP contribution is 2.24. The molecule has 18 heavy (non-hydrogen) atoms. The average molecular weight is 263 g/mol. The lowest BCUT2D eigenvalue weighted by Gasteiger charge is -2.05. The van der Waals surface area contributed by atoms with E-state index >= 15 is 0 Å². The molecule has 0 saturated carbocycles. The second-order valence-electron chi connectivity index (χ2n) is 3.72. The van der Waals surface area contributed by atoms with Gasteiger partial charge < -0.3 is 9.84 Å². The Labute approximate surface area is 110 Å². The predicted octanol–water partition coefficient (Wildman–Crippen LogP) is 3.47. The molecule has 4 heteroatoms. The van der Waals surface area contributed by atoms with E-state index in [-0.39, 0.29) is 6.61 Å². The van der Waals surface area contributed by atoms with Crippen molar-refractivity contribution in [2.45, 2.75) is 0 Å². The van der Waals surface area contributed by atoms with Crippen LogP contribution in [0.3, 0.4) is 0 Å². The minimum absolute atomic E-state index is 0.337. The first kappa shape index (κ1) is 12.5. The average Bonchev–Trinajstić information content (AvgIpc) is 2.37. The Balaban J connectivity index is 2.14. The summed E-state index contributed by atoms with van der Waals surface area (Å²) in [5, 5.41) is 9.18. The maximum absolute atomic E-state index is 10.4. The zero-order valence-corrected chi connectivity index (χ0v) is 10.2. The van der Waals surface area contributed by atoms with Crippen molar-refractivity contribution in [3.8, 4) is 16.9 Å². The van der Waals surface area contributed by atoms with Crippen LogP contribution in [0.5, 0.6) is 5.75 Å². The summed E-state index contributed by atoms with van der Waals surface area (Å²) in [4.78, 5) is 10.4. The van der Waals surface area contributed by atoms with Crippen molar-refractivity contribution in [2.75, 3.05) is 6.61 Å². The van der Waals surface area contributed by atoms with Crippen LogP contribution in [-0.4, -0.2) is 17.7 Å². The summed E-state index contributed by atoms with van der Waals surface area (Å²) in [5.74, 6) is -0.461. The summed E-state index contributed by atoms with van der Waals surface area (Å²) in [6.07, 6.45) is 0. The van der Waals surface area contributed by atoms with E-state index < -0.39 is 5.97 Å². The topological polar surface area (TPSA) is 46.5 Å². The predicted molar refractivity (Wildman–Crippen MR) is 70.0 cm³/mol. The third kappa shape index (κ3) is 3.25. The van der Waals surface area contributed by atoms with Crippen LogP contribution >= 0.6 is 11.6 Å². The number of hydrogen-bond acceptors (Lipinski definition) is 2. The van der Waals surface area contributed by atoms with Gasteiger partial charge in [0.25, 0.3) is 0 Å². The SMILES string of the molecule is O=C(O)COc1ccc(-c2cccc(Cl)c2)cc1. The van der Waals surface area contributed by atoms with Gasteiger partial charge >= 0.3 is 5.97 Å². The molecule has 0 atom stereocenters. The molecule has 0 saturated heterocycles. The Morgan fingerprint density at radius 1 is 1.11 bits per heavy atom. The van der Waals surface area contributed by atoms with Crippen LogP contribution < -0.4 is 4.74 Å². The fourth-order valence-corrected chi connectivity index (χ4v) is 1.75. The highest BCUT2D eigenvalue weighted by atomic mass is 35.5. The van der Waals surface area contributed by atoms with E-state index in [0.717, 1.165) is 11.1 Å². The first-order chi connectivity index (χ1) is 8.65. The number of rotatable bonds is 4. The van der Waals surface area contributed by atoms with Crippen LogP contribution in [0.2, 0.25) is 5.02 Å². The molecule has 0 bridgehead atoms. The van der Waals surface area contributed by atoms with Gasteiger partial charge in [-0.05, 0) is 35.4 Å². The van der Waals surface area contributed by atoms with E-state index in [1.807, 2.05) is 36.4 Å². The number of hydrogen-bond donors (Lipinski definition) is 1. The molecule has 2 rings (SSSR count). The van der Waals surface area contributed by atoms with E-state index in [2.05, 4.69) is 0 Å². The van der Waals surface area contributed by atoms with E-state index in [1.54, 1.807) is 12.1 Å². The lowest BCUT2D eigenvalue weighted by molar-refractivity contribution is -0.139. The van der Waals surface area contributed by atoms with Crippen molar-refractivity contribution >= 4 is 17.6 Å². The molecule has 0 heterocycles. The van der Waals surface area contributed by atoms with Crippen LogP contribution in [0.15, 0.2) is 48.5 Å². The van der Waals surface area contributed by atoms with E-state index in [4.69, 9.17) is 21.4 Å². The van der Waals surface area contributed by atoms with Crippen molar-refractivity contribution in [3.05, 3.63) is 53.6 Å². The van der Waals surface area contributed by atoms with Crippen LogP contribution in [0.1, 0.15) is 0 Å². The summed E-state index contributed by atoms with van der Waals surface area (Å²) in [6.45, 7) is -0.337. The number of halogens is 1. The molecule has 0 radical (unpaired) electrons. The number of aliphatic carboxylic acids is 1. The van der Waals surface area contributed by atoms with Gasteiger partial charge in [-0.25, -0.2) is 4.79 Å². The van der Waals surface area contributed by atoms with Crippen LogP contribution in [0.4, 0.5) is 0 Å². The third-order valence-corrected chi connectivity index (χ3v) is 2.61. The third-order valence-electron chi connectivity index (χ3n) is 2.37. The smallest absolute Gasteiger partial charge is 0.341 e. The first-order valence-corrected chi connectivity index (χ1v) is 5.73. The molecule has 1 N–H and O–H groups in total. The minimum Gasteiger partial charge on any atom is -0.482 e. The van der Waals surface area contributed by atoms with Crippen LogP contribution in [0, 0.1) is 0 Å². The van der Waals surface area contributed by atoms with Gasteiger partial charge in [0.1, 0.15) is 5.75 Å². The van der Waals surface area contributed by atoms with E-state index in [1.165, 1.54) is 0 Å². The molecule has 2 aromatic rings. The van der Waals surface area contributed by atoms with Crippen molar-refractivity contribution in [1.29, 1.82) is 0 Å². The fourth-order valence-electron chi connectivity index (χ4n) is 1.56. The van der Waals surface area contributed by atoms with Gasteiger partial charge in [0.2, 0.25) is 0 Å². The lowest BCUT2D eigenvalue weighted by Crippen LogP contribution is -2.09. The Kier molecular flexibility index (Phi) is 3.85. The molecular weight excluding hydrogens is 252 g/mol. The van der Waals surface area contributed by atoms with Crippen molar-refractivity contribution < 1.29 is 14.6 Å². The summed E-state index contributed by atoms with van der Waals surface area (Å²) in [5.41, 5.74) is 2.01. The summed E-state index contributed by atoms with van der Waals surface area (Å²) in [7, 11) is 0. The molecular formula is C14H11ClO3. The highest BCUT2D eigenvalue weighted by Gasteiger charge is 2.01. The van der Waals surface area contributed by atoms with Gasteiger partial charge in [0.05, 0.1) is 0 Å². The number of carboxylic acid groups (broad SMARTS) is 1. The number of carbonyl (C=O) groups is 1. The molecule has 0 aliphatic heterocycles.